The molecule has 0 unspecified atom stereocenters. The second kappa shape index (κ2) is 9.37. The van der Waals surface area contributed by atoms with E-state index in [9.17, 15) is 4.79 Å². The number of rotatable bonds is 6. The minimum atomic E-state index is 0.00269. The van der Waals surface area contributed by atoms with E-state index in [0.29, 0.717) is 5.56 Å². The van der Waals surface area contributed by atoms with Crippen LogP contribution in [0, 0.1) is 0 Å². The number of thioether (sulfide) groups is 1. The average molecular weight is 421 g/mol. The Hall–Kier alpha value is -2.36. The minimum absolute atomic E-state index is 0.00269. The smallest absolute Gasteiger partial charge is 0.185 e. The molecule has 3 aromatic carbocycles. The van der Waals surface area contributed by atoms with E-state index in [4.69, 9.17) is 0 Å². The van der Waals surface area contributed by atoms with Crippen molar-refractivity contribution in [3.05, 3.63) is 119 Å². The van der Waals surface area contributed by atoms with E-state index in [2.05, 4.69) is 40.2 Å². The Morgan fingerprint density at radius 1 is 0.769 bits per heavy atom. The molecule has 3 heteroatoms. The molecule has 0 fully saturated rings. The number of hydrogen-bond donors (Lipinski definition) is 0. The molecule has 0 bridgehead atoms. The van der Waals surface area contributed by atoms with Crippen molar-refractivity contribution >= 4 is 38.4 Å². The van der Waals surface area contributed by atoms with Gasteiger partial charge in [-0.15, -0.1) is 0 Å². The molecule has 0 amide bonds. The highest BCUT2D eigenvalue weighted by atomic mass is 79.9. The van der Waals surface area contributed by atoms with Crippen molar-refractivity contribution in [3.63, 3.8) is 0 Å². The number of halogens is 1. The molecule has 0 aliphatic carbocycles. The summed E-state index contributed by atoms with van der Waals surface area (Å²) < 4.78 is 1.06. The van der Waals surface area contributed by atoms with E-state index in [0.717, 1.165) is 19.8 Å². The van der Waals surface area contributed by atoms with Crippen LogP contribution in [0.15, 0.2) is 113 Å². The van der Waals surface area contributed by atoms with Gasteiger partial charge in [-0.2, -0.15) is 0 Å². The zero-order chi connectivity index (χ0) is 18.2. The molecule has 0 aliphatic heterocycles. The zero-order valence-corrected chi connectivity index (χ0v) is 16.4. The highest BCUT2D eigenvalue weighted by molar-refractivity contribution is 9.10. The van der Waals surface area contributed by atoms with Gasteiger partial charge in [0, 0.05) is 19.8 Å². The fourth-order valence-electron chi connectivity index (χ4n) is 2.34. The Kier molecular flexibility index (Phi) is 6.64. The molecule has 26 heavy (non-hydrogen) atoms. The molecule has 0 spiro atoms. The number of benzene rings is 3. The lowest BCUT2D eigenvalue weighted by molar-refractivity contribution is 0.104. The van der Waals surface area contributed by atoms with Gasteiger partial charge in [0.05, 0.1) is 0 Å². The van der Waals surface area contributed by atoms with Gasteiger partial charge < -0.3 is 0 Å². The SMILES string of the molecule is O=C(/C=C/C=C(\Sc1ccc(Br)cc1)c1ccccc1)c1ccccc1. The highest BCUT2D eigenvalue weighted by Crippen LogP contribution is 2.34. The van der Waals surface area contributed by atoms with Gasteiger partial charge in [-0.25, -0.2) is 0 Å². The van der Waals surface area contributed by atoms with Crippen molar-refractivity contribution in [2.45, 2.75) is 4.90 Å². The molecule has 0 saturated carbocycles. The lowest BCUT2D eigenvalue weighted by atomic mass is 10.1. The Bertz CT molecular complexity index is 913. The normalized spacial score (nSPS) is 11.7. The summed E-state index contributed by atoms with van der Waals surface area (Å²) in [6.45, 7) is 0. The maximum Gasteiger partial charge on any atom is 0.185 e. The minimum Gasteiger partial charge on any atom is -0.289 e. The van der Waals surface area contributed by atoms with Crippen LogP contribution in [0.1, 0.15) is 15.9 Å². The Balaban J connectivity index is 1.83. The van der Waals surface area contributed by atoms with Crippen LogP contribution >= 0.6 is 27.7 Å². The number of carbonyl (C=O) groups excluding carboxylic acids is 1. The maximum atomic E-state index is 12.2. The van der Waals surface area contributed by atoms with Gasteiger partial charge in [0.2, 0.25) is 0 Å². The summed E-state index contributed by atoms with van der Waals surface area (Å²) >= 11 is 5.14. The molecule has 0 N–H and O–H groups in total. The number of allylic oxidation sites excluding steroid dienone is 3. The van der Waals surface area contributed by atoms with Gasteiger partial charge in [0.15, 0.2) is 5.78 Å². The maximum absolute atomic E-state index is 12.2. The monoisotopic (exact) mass is 420 g/mol. The summed E-state index contributed by atoms with van der Waals surface area (Å²) in [5.74, 6) is 0.00269. The Labute approximate surface area is 166 Å². The van der Waals surface area contributed by atoms with Gasteiger partial charge in [-0.3, -0.25) is 4.79 Å². The summed E-state index contributed by atoms with van der Waals surface area (Å²) in [6.07, 6.45) is 5.42. The topological polar surface area (TPSA) is 17.1 Å². The molecule has 1 nitrogen and oxygen atoms in total. The van der Waals surface area contributed by atoms with E-state index in [1.165, 1.54) is 0 Å². The van der Waals surface area contributed by atoms with Crippen molar-refractivity contribution in [2.75, 3.05) is 0 Å². The first kappa shape index (κ1) is 18.4. The third-order valence-electron chi connectivity index (χ3n) is 3.65. The van der Waals surface area contributed by atoms with Crippen molar-refractivity contribution < 1.29 is 4.79 Å². The second-order valence-corrected chi connectivity index (χ2v) is 7.57. The molecular weight excluding hydrogens is 404 g/mol. The van der Waals surface area contributed by atoms with Gasteiger partial charge in [0.25, 0.3) is 0 Å². The highest BCUT2D eigenvalue weighted by Gasteiger charge is 2.04. The lowest BCUT2D eigenvalue weighted by Crippen LogP contribution is -1.92. The fraction of sp³-hybridized carbons (Fsp3) is 0. The van der Waals surface area contributed by atoms with Crippen LogP contribution in [-0.4, -0.2) is 5.78 Å². The van der Waals surface area contributed by atoms with Crippen molar-refractivity contribution in [3.8, 4) is 0 Å². The van der Waals surface area contributed by atoms with E-state index < -0.39 is 0 Å². The van der Waals surface area contributed by atoms with Crippen LogP contribution in [0.2, 0.25) is 0 Å². The summed E-state index contributed by atoms with van der Waals surface area (Å²) in [6, 6.07) is 27.7. The van der Waals surface area contributed by atoms with Crippen molar-refractivity contribution in [1.82, 2.24) is 0 Å². The van der Waals surface area contributed by atoms with Gasteiger partial charge in [-0.05, 0) is 42.0 Å². The molecular formula is C23H17BrOS. The largest absolute Gasteiger partial charge is 0.289 e. The van der Waals surface area contributed by atoms with Crippen LogP contribution in [0.25, 0.3) is 4.91 Å². The molecule has 3 aromatic rings. The standard InChI is InChI=1S/C23H17BrOS/c24-20-14-16-21(17-15-20)26-23(19-10-5-2-6-11-19)13-7-12-22(25)18-8-3-1-4-9-18/h1-17H/b12-7+,23-13-. The number of hydrogen-bond acceptors (Lipinski definition) is 2. The van der Waals surface area contributed by atoms with Crippen molar-refractivity contribution in [1.29, 1.82) is 0 Å². The first-order valence-electron chi connectivity index (χ1n) is 8.19. The van der Waals surface area contributed by atoms with E-state index >= 15 is 0 Å². The predicted octanol–water partition coefficient (Wildman–Crippen LogP) is 7.02. The third-order valence-corrected chi connectivity index (χ3v) is 5.28. The van der Waals surface area contributed by atoms with Gasteiger partial charge in [0.1, 0.15) is 0 Å². The number of carbonyl (C=O) groups is 1. The summed E-state index contributed by atoms with van der Waals surface area (Å²) in [7, 11) is 0. The van der Waals surface area contributed by atoms with Crippen LogP contribution in [-0.2, 0) is 0 Å². The predicted molar refractivity (Wildman–Crippen MR) is 114 cm³/mol. The molecule has 3 rings (SSSR count). The van der Waals surface area contributed by atoms with E-state index in [1.807, 2.05) is 72.8 Å². The molecule has 0 radical (unpaired) electrons. The lowest BCUT2D eigenvalue weighted by Gasteiger charge is -2.07. The Morgan fingerprint density at radius 3 is 1.96 bits per heavy atom. The second-order valence-electron chi connectivity index (χ2n) is 5.54. The molecule has 0 aromatic heterocycles. The average Bonchev–Trinajstić information content (AvgIpc) is 2.70. The summed E-state index contributed by atoms with van der Waals surface area (Å²) in [5, 5.41) is 0. The fourth-order valence-corrected chi connectivity index (χ4v) is 3.53. The van der Waals surface area contributed by atoms with Crippen LogP contribution in [0.5, 0.6) is 0 Å². The molecule has 0 aliphatic rings. The molecule has 128 valence electrons. The molecule has 0 saturated heterocycles. The zero-order valence-electron chi connectivity index (χ0n) is 14.0. The third kappa shape index (κ3) is 5.32. The van der Waals surface area contributed by atoms with Crippen molar-refractivity contribution in [2.24, 2.45) is 0 Å². The number of ketones is 1. The van der Waals surface area contributed by atoms with E-state index in [1.54, 1.807) is 17.8 Å². The summed E-state index contributed by atoms with van der Waals surface area (Å²) in [4.78, 5) is 14.5. The van der Waals surface area contributed by atoms with Gasteiger partial charge in [-0.1, -0.05) is 94.4 Å². The van der Waals surface area contributed by atoms with Crippen LogP contribution < -0.4 is 0 Å². The van der Waals surface area contributed by atoms with Crippen LogP contribution in [0.4, 0.5) is 0 Å². The molecule has 0 atom stereocenters. The summed E-state index contributed by atoms with van der Waals surface area (Å²) in [5.41, 5.74) is 1.82. The first-order valence-corrected chi connectivity index (χ1v) is 9.80. The van der Waals surface area contributed by atoms with E-state index in [-0.39, 0.29) is 5.78 Å². The van der Waals surface area contributed by atoms with Gasteiger partial charge >= 0.3 is 0 Å². The quantitative estimate of drug-likeness (QED) is 0.184. The Morgan fingerprint density at radius 2 is 1.35 bits per heavy atom. The first-order chi connectivity index (χ1) is 12.7. The molecule has 0 heterocycles. The van der Waals surface area contributed by atoms with Crippen LogP contribution in [0.3, 0.4) is 0 Å².